The minimum absolute atomic E-state index is 0.131. The van der Waals surface area contributed by atoms with Gasteiger partial charge in [0.25, 0.3) is 5.91 Å². The molecule has 1 fully saturated rings. The van der Waals surface area contributed by atoms with Crippen LogP contribution in [0.2, 0.25) is 0 Å². The van der Waals surface area contributed by atoms with Gasteiger partial charge in [-0.15, -0.1) is 5.10 Å². The lowest BCUT2D eigenvalue weighted by atomic mass is 10.2. The molecule has 23 heavy (non-hydrogen) atoms. The molecule has 0 spiro atoms. The van der Waals surface area contributed by atoms with E-state index in [1.54, 1.807) is 34.7 Å². The lowest BCUT2D eigenvalue weighted by molar-refractivity contribution is -0.138. The van der Waals surface area contributed by atoms with Crippen molar-refractivity contribution >= 4 is 22.9 Å². The van der Waals surface area contributed by atoms with Crippen LogP contribution in [-0.2, 0) is 16.1 Å². The molecule has 1 atom stereocenters. The zero-order valence-corrected chi connectivity index (χ0v) is 13.4. The molecule has 1 aliphatic rings. The smallest absolute Gasteiger partial charge is 0.338 e. The van der Waals surface area contributed by atoms with Crippen molar-refractivity contribution in [2.24, 2.45) is 0 Å². The molecule has 1 amide bonds. The van der Waals surface area contributed by atoms with Crippen LogP contribution < -0.4 is 0 Å². The quantitative estimate of drug-likeness (QED) is 0.801. The number of hydrogen-bond acceptors (Lipinski definition) is 5. The minimum Gasteiger partial charge on any atom is -0.449 e. The number of esters is 1. The Morgan fingerprint density at radius 1 is 1.30 bits per heavy atom. The fourth-order valence-corrected chi connectivity index (χ4v) is 2.81. The van der Waals surface area contributed by atoms with Gasteiger partial charge in [-0.05, 0) is 44.9 Å². The summed E-state index contributed by atoms with van der Waals surface area (Å²) in [5.74, 6) is -0.646. The third-order valence-electron chi connectivity index (χ3n) is 4.10. The number of nitrogens with zero attached hydrogens (tertiary/aromatic N) is 4. The maximum Gasteiger partial charge on any atom is 0.338 e. The molecule has 0 aliphatic carbocycles. The Morgan fingerprint density at radius 3 is 2.74 bits per heavy atom. The van der Waals surface area contributed by atoms with E-state index in [9.17, 15) is 9.59 Å². The summed E-state index contributed by atoms with van der Waals surface area (Å²) in [6.07, 6.45) is 1.24. The summed E-state index contributed by atoms with van der Waals surface area (Å²) in [7, 11) is 0. The van der Waals surface area contributed by atoms with E-state index in [4.69, 9.17) is 4.74 Å². The molecule has 2 heterocycles. The van der Waals surface area contributed by atoms with E-state index in [-0.39, 0.29) is 5.91 Å². The predicted octanol–water partition coefficient (Wildman–Crippen LogP) is 1.62. The number of carbonyl (C=O) groups excluding carboxylic acids is 2. The van der Waals surface area contributed by atoms with Crippen molar-refractivity contribution in [3.63, 3.8) is 0 Å². The summed E-state index contributed by atoms with van der Waals surface area (Å²) in [6, 6.07) is 5.11. The molecule has 1 aliphatic heterocycles. The van der Waals surface area contributed by atoms with Crippen molar-refractivity contribution in [1.29, 1.82) is 0 Å². The van der Waals surface area contributed by atoms with Crippen molar-refractivity contribution in [2.75, 3.05) is 13.1 Å². The Balaban J connectivity index is 1.71. The predicted molar refractivity (Wildman–Crippen MR) is 83.9 cm³/mol. The van der Waals surface area contributed by atoms with E-state index in [1.165, 1.54) is 0 Å². The molecular weight excluding hydrogens is 296 g/mol. The molecule has 0 N–H and O–H groups in total. The van der Waals surface area contributed by atoms with Crippen molar-refractivity contribution in [3.8, 4) is 0 Å². The van der Waals surface area contributed by atoms with Crippen LogP contribution >= 0.6 is 0 Å². The molecule has 7 heteroatoms. The molecule has 0 unspecified atom stereocenters. The third-order valence-corrected chi connectivity index (χ3v) is 4.10. The summed E-state index contributed by atoms with van der Waals surface area (Å²) in [4.78, 5) is 26.2. The Labute approximate surface area is 134 Å². The Hall–Kier alpha value is -2.44. The van der Waals surface area contributed by atoms with E-state index >= 15 is 0 Å². The number of amides is 1. The second kappa shape index (κ2) is 6.36. The van der Waals surface area contributed by atoms with Crippen LogP contribution in [-0.4, -0.2) is 51.0 Å². The summed E-state index contributed by atoms with van der Waals surface area (Å²) < 4.78 is 7.06. The standard InChI is InChI=1S/C16H20N4O3/c1-3-20-14-7-6-12(10-13(14)17-18-20)16(22)23-11(2)15(21)19-8-4-5-9-19/h6-7,10-11H,3-5,8-9H2,1-2H3/t11-/m0/s1. The van der Waals surface area contributed by atoms with Gasteiger partial charge in [0.15, 0.2) is 6.10 Å². The summed E-state index contributed by atoms with van der Waals surface area (Å²) >= 11 is 0. The van der Waals surface area contributed by atoms with Crippen LogP contribution in [0.4, 0.5) is 0 Å². The van der Waals surface area contributed by atoms with Gasteiger partial charge in [-0.3, -0.25) is 4.79 Å². The van der Waals surface area contributed by atoms with Gasteiger partial charge < -0.3 is 9.64 Å². The average molecular weight is 316 g/mol. The first-order valence-corrected chi connectivity index (χ1v) is 7.93. The van der Waals surface area contributed by atoms with Crippen molar-refractivity contribution in [1.82, 2.24) is 19.9 Å². The minimum atomic E-state index is -0.775. The maximum absolute atomic E-state index is 12.2. The molecule has 0 radical (unpaired) electrons. The molecule has 3 rings (SSSR count). The number of fused-ring (bicyclic) bond motifs is 1. The molecule has 1 aromatic heterocycles. The van der Waals surface area contributed by atoms with Gasteiger partial charge in [0, 0.05) is 19.6 Å². The first kappa shape index (κ1) is 15.5. The number of carbonyl (C=O) groups is 2. The summed E-state index contributed by atoms with van der Waals surface area (Å²) in [5.41, 5.74) is 1.88. The lowest BCUT2D eigenvalue weighted by Crippen LogP contribution is -2.38. The van der Waals surface area contributed by atoms with Crippen LogP contribution in [0.25, 0.3) is 11.0 Å². The van der Waals surface area contributed by atoms with Gasteiger partial charge in [0.05, 0.1) is 11.1 Å². The highest BCUT2D eigenvalue weighted by Gasteiger charge is 2.26. The monoisotopic (exact) mass is 316 g/mol. The maximum atomic E-state index is 12.2. The second-order valence-electron chi connectivity index (χ2n) is 5.69. The topological polar surface area (TPSA) is 77.3 Å². The van der Waals surface area contributed by atoms with Crippen molar-refractivity contribution in [2.45, 2.75) is 39.3 Å². The average Bonchev–Trinajstić information content (AvgIpc) is 3.22. The number of rotatable bonds is 4. The number of benzene rings is 1. The fraction of sp³-hybridized carbons (Fsp3) is 0.500. The SMILES string of the molecule is CCn1nnc2cc(C(=O)O[C@@H](C)C(=O)N3CCCC3)ccc21. The van der Waals surface area contributed by atoms with Gasteiger partial charge >= 0.3 is 5.97 Å². The first-order valence-electron chi connectivity index (χ1n) is 7.93. The van der Waals surface area contributed by atoms with Crippen LogP contribution in [0.15, 0.2) is 18.2 Å². The molecule has 1 saturated heterocycles. The number of hydrogen-bond donors (Lipinski definition) is 0. The molecule has 0 bridgehead atoms. The molecule has 7 nitrogen and oxygen atoms in total. The van der Waals surface area contributed by atoms with Gasteiger partial charge in [-0.2, -0.15) is 0 Å². The Morgan fingerprint density at radius 2 is 2.04 bits per heavy atom. The zero-order valence-electron chi connectivity index (χ0n) is 13.4. The zero-order chi connectivity index (χ0) is 16.4. The highest BCUT2D eigenvalue weighted by atomic mass is 16.5. The molecule has 122 valence electrons. The van der Waals surface area contributed by atoms with Crippen molar-refractivity contribution in [3.05, 3.63) is 23.8 Å². The first-order chi connectivity index (χ1) is 11.1. The van der Waals surface area contributed by atoms with E-state index in [0.29, 0.717) is 17.6 Å². The van der Waals surface area contributed by atoms with Crippen LogP contribution in [0.3, 0.4) is 0 Å². The number of aryl methyl sites for hydroxylation is 1. The molecule has 0 saturated carbocycles. The van der Waals surface area contributed by atoms with Crippen LogP contribution in [0.5, 0.6) is 0 Å². The second-order valence-corrected chi connectivity index (χ2v) is 5.69. The van der Waals surface area contributed by atoms with Crippen LogP contribution in [0, 0.1) is 0 Å². The van der Waals surface area contributed by atoms with Gasteiger partial charge in [-0.1, -0.05) is 5.21 Å². The normalized spacial score (nSPS) is 15.8. The third kappa shape index (κ3) is 3.04. The van der Waals surface area contributed by atoms with Gasteiger partial charge in [0.1, 0.15) is 5.52 Å². The van der Waals surface area contributed by atoms with E-state index in [2.05, 4.69) is 10.3 Å². The summed E-state index contributed by atoms with van der Waals surface area (Å²) in [5, 5.41) is 8.05. The van der Waals surface area contributed by atoms with Crippen molar-refractivity contribution < 1.29 is 14.3 Å². The van der Waals surface area contributed by atoms with Crippen LogP contribution in [0.1, 0.15) is 37.0 Å². The highest BCUT2D eigenvalue weighted by molar-refractivity contribution is 5.95. The number of aromatic nitrogens is 3. The highest BCUT2D eigenvalue weighted by Crippen LogP contribution is 2.16. The number of likely N-dealkylation sites (tertiary alicyclic amines) is 1. The summed E-state index contributed by atoms with van der Waals surface area (Å²) in [6.45, 7) is 5.79. The largest absolute Gasteiger partial charge is 0.449 e. The number of ether oxygens (including phenoxy) is 1. The molecular formula is C16H20N4O3. The van der Waals surface area contributed by atoms with Gasteiger partial charge in [-0.25, -0.2) is 9.48 Å². The molecule has 2 aromatic rings. The fourth-order valence-electron chi connectivity index (χ4n) is 2.81. The molecule has 1 aromatic carbocycles. The van der Waals surface area contributed by atoms with E-state index < -0.39 is 12.1 Å². The Bertz CT molecular complexity index is 734. The lowest BCUT2D eigenvalue weighted by Gasteiger charge is -2.20. The van der Waals surface area contributed by atoms with Gasteiger partial charge in [0.2, 0.25) is 0 Å². The Kier molecular flexibility index (Phi) is 4.27. The van der Waals surface area contributed by atoms with E-state index in [1.807, 2.05) is 6.92 Å². The van der Waals surface area contributed by atoms with E-state index in [0.717, 1.165) is 31.4 Å².